The van der Waals surface area contributed by atoms with Crippen LogP contribution in [-0.4, -0.2) is 13.1 Å². The van der Waals surface area contributed by atoms with Gasteiger partial charge in [-0.2, -0.15) is 0 Å². The molecule has 0 saturated carbocycles. The summed E-state index contributed by atoms with van der Waals surface area (Å²) in [5.74, 6) is 0.691. The number of para-hydroxylation sites is 1. The van der Waals surface area contributed by atoms with Crippen LogP contribution in [0.2, 0.25) is 0 Å². The molecule has 0 N–H and O–H groups in total. The Morgan fingerprint density at radius 1 is 1.29 bits per heavy atom. The highest BCUT2D eigenvalue weighted by atomic mass is 15.2. The minimum atomic E-state index is 0.691. The summed E-state index contributed by atoms with van der Waals surface area (Å²) < 4.78 is 0. The molecule has 0 radical (unpaired) electrons. The van der Waals surface area contributed by atoms with Crippen molar-refractivity contribution in [2.75, 3.05) is 11.9 Å². The average Bonchev–Trinajstić information content (AvgIpc) is 2.45. The van der Waals surface area contributed by atoms with Gasteiger partial charge in [-0.15, -0.1) is 0 Å². The molecule has 76 valence electrons. The lowest BCUT2D eigenvalue weighted by Crippen LogP contribution is -2.29. The monoisotopic (exact) mass is 189 g/mol. The van der Waals surface area contributed by atoms with Gasteiger partial charge in [-0.1, -0.05) is 38.5 Å². The fraction of sp³-hybridized carbons (Fsp3) is 0.538. The molecule has 1 heterocycles. The second-order valence-electron chi connectivity index (χ2n) is 4.31. The van der Waals surface area contributed by atoms with Crippen molar-refractivity contribution in [2.45, 2.75) is 38.6 Å². The molecule has 2 atom stereocenters. The van der Waals surface area contributed by atoms with Crippen LogP contribution in [0.5, 0.6) is 0 Å². The highest BCUT2D eigenvalue weighted by Crippen LogP contribution is 2.40. The minimum absolute atomic E-state index is 0.691. The summed E-state index contributed by atoms with van der Waals surface area (Å²) in [7, 11) is 2.22. The molecule has 1 nitrogen and oxygen atoms in total. The Morgan fingerprint density at radius 2 is 2.00 bits per heavy atom. The Bertz CT molecular complexity index is 290. The van der Waals surface area contributed by atoms with Crippen molar-refractivity contribution in [3.63, 3.8) is 0 Å². The first-order valence-corrected chi connectivity index (χ1v) is 5.57. The molecule has 0 aliphatic carbocycles. The Hall–Kier alpha value is -0.980. The lowest BCUT2D eigenvalue weighted by atomic mass is 9.94. The van der Waals surface area contributed by atoms with Crippen LogP contribution in [0, 0.1) is 0 Å². The van der Waals surface area contributed by atoms with Crippen molar-refractivity contribution in [2.24, 2.45) is 0 Å². The summed E-state index contributed by atoms with van der Waals surface area (Å²) in [6.45, 7) is 4.62. The first kappa shape index (κ1) is 9.57. The van der Waals surface area contributed by atoms with E-state index in [0.29, 0.717) is 12.0 Å². The fourth-order valence-electron chi connectivity index (χ4n) is 2.65. The van der Waals surface area contributed by atoms with Crippen molar-refractivity contribution in [3.05, 3.63) is 29.8 Å². The van der Waals surface area contributed by atoms with E-state index < -0.39 is 0 Å². The Kier molecular flexibility index (Phi) is 2.49. The molecule has 1 heteroatoms. The van der Waals surface area contributed by atoms with Crippen molar-refractivity contribution in [1.29, 1.82) is 0 Å². The van der Waals surface area contributed by atoms with E-state index in [1.165, 1.54) is 24.1 Å². The molecule has 1 aromatic rings. The van der Waals surface area contributed by atoms with Gasteiger partial charge in [0.05, 0.1) is 0 Å². The third kappa shape index (κ3) is 1.31. The predicted molar refractivity (Wildman–Crippen MR) is 62.0 cm³/mol. The molecular weight excluding hydrogens is 170 g/mol. The lowest BCUT2D eigenvalue weighted by Gasteiger charge is -2.24. The molecule has 2 rings (SSSR count). The zero-order valence-electron chi connectivity index (χ0n) is 9.33. The van der Waals surface area contributed by atoms with Gasteiger partial charge < -0.3 is 4.90 Å². The molecule has 0 fully saturated rings. The maximum absolute atomic E-state index is 2.45. The number of hydrogen-bond donors (Lipinski definition) is 0. The molecule has 0 aromatic heterocycles. The molecular formula is C13H19N. The van der Waals surface area contributed by atoms with Gasteiger partial charge in [0, 0.05) is 24.7 Å². The average molecular weight is 189 g/mol. The molecule has 0 saturated heterocycles. The van der Waals surface area contributed by atoms with Crippen molar-refractivity contribution in [3.8, 4) is 0 Å². The molecule has 1 aliphatic rings. The van der Waals surface area contributed by atoms with Gasteiger partial charge in [-0.25, -0.2) is 0 Å². The Labute approximate surface area is 86.7 Å². The fourth-order valence-corrected chi connectivity index (χ4v) is 2.65. The second kappa shape index (κ2) is 3.64. The highest BCUT2D eigenvalue weighted by molar-refractivity contribution is 5.60. The normalized spacial score (nSPS) is 25.2. The van der Waals surface area contributed by atoms with Gasteiger partial charge in [-0.3, -0.25) is 0 Å². The number of rotatable bonds is 2. The number of likely N-dealkylation sites (N-methyl/N-ethyl adjacent to an activating group) is 1. The van der Waals surface area contributed by atoms with E-state index in [-0.39, 0.29) is 0 Å². The van der Waals surface area contributed by atoms with Crippen LogP contribution in [0.15, 0.2) is 24.3 Å². The largest absolute Gasteiger partial charge is 0.371 e. The third-order valence-electron chi connectivity index (χ3n) is 3.47. The molecule has 0 spiro atoms. The van der Waals surface area contributed by atoms with Crippen molar-refractivity contribution >= 4 is 5.69 Å². The van der Waals surface area contributed by atoms with Crippen LogP contribution in [0.25, 0.3) is 0 Å². The van der Waals surface area contributed by atoms with E-state index in [2.05, 4.69) is 50.1 Å². The van der Waals surface area contributed by atoms with E-state index in [9.17, 15) is 0 Å². The minimum Gasteiger partial charge on any atom is -0.371 e. The number of benzene rings is 1. The summed E-state index contributed by atoms with van der Waals surface area (Å²) in [5.41, 5.74) is 2.95. The number of hydrogen-bond acceptors (Lipinski definition) is 1. The van der Waals surface area contributed by atoms with E-state index >= 15 is 0 Å². The molecule has 1 aromatic carbocycles. The van der Waals surface area contributed by atoms with Crippen LogP contribution < -0.4 is 4.90 Å². The van der Waals surface area contributed by atoms with Crippen LogP contribution in [0.1, 0.15) is 38.2 Å². The van der Waals surface area contributed by atoms with Crippen LogP contribution in [0.4, 0.5) is 5.69 Å². The summed E-state index contributed by atoms with van der Waals surface area (Å²) >= 11 is 0. The predicted octanol–water partition coefficient (Wildman–Crippen LogP) is 3.41. The first-order chi connectivity index (χ1) is 6.75. The third-order valence-corrected chi connectivity index (χ3v) is 3.47. The number of fused-ring (bicyclic) bond motifs is 1. The molecule has 0 bridgehead atoms. The van der Waals surface area contributed by atoms with E-state index in [1.807, 2.05) is 0 Å². The zero-order chi connectivity index (χ0) is 10.1. The zero-order valence-corrected chi connectivity index (χ0v) is 9.33. The van der Waals surface area contributed by atoms with Crippen LogP contribution in [0.3, 0.4) is 0 Å². The smallest absolute Gasteiger partial charge is 0.0402 e. The molecule has 14 heavy (non-hydrogen) atoms. The second-order valence-corrected chi connectivity index (χ2v) is 4.31. The van der Waals surface area contributed by atoms with Gasteiger partial charge >= 0.3 is 0 Å². The van der Waals surface area contributed by atoms with Gasteiger partial charge in [0.2, 0.25) is 0 Å². The number of nitrogens with zero attached hydrogens (tertiary/aromatic N) is 1. The van der Waals surface area contributed by atoms with Gasteiger partial charge in [0.25, 0.3) is 0 Å². The van der Waals surface area contributed by atoms with Gasteiger partial charge in [0.1, 0.15) is 0 Å². The van der Waals surface area contributed by atoms with E-state index in [4.69, 9.17) is 0 Å². The summed E-state index contributed by atoms with van der Waals surface area (Å²) in [5, 5.41) is 0. The van der Waals surface area contributed by atoms with Crippen LogP contribution in [-0.2, 0) is 0 Å². The summed E-state index contributed by atoms with van der Waals surface area (Å²) in [6, 6.07) is 9.50. The van der Waals surface area contributed by atoms with E-state index in [0.717, 1.165) is 0 Å². The number of anilines is 1. The molecule has 1 unspecified atom stereocenters. The van der Waals surface area contributed by atoms with E-state index in [1.54, 1.807) is 0 Å². The highest BCUT2D eigenvalue weighted by Gasteiger charge is 2.31. The van der Waals surface area contributed by atoms with Gasteiger partial charge in [0.15, 0.2) is 0 Å². The van der Waals surface area contributed by atoms with Crippen LogP contribution >= 0.6 is 0 Å². The van der Waals surface area contributed by atoms with Crippen molar-refractivity contribution in [1.82, 2.24) is 0 Å². The topological polar surface area (TPSA) is 3.24 Å². The molecule has 0 amide bonds. The maximum atomic E-state index is 2.45. The Balaban J connectivity index is 2.33. The standard InChI is InChI=1S/C13H19N/c1-4-7-12-10(2)11-8-5-6-9-13(11)14(12)3/h5-6,8-10,12H,4,7H2,1-3H3/t10-,12?/m0/s1. The summed E-state index contributed by atoms with van der Waals surface area (Å²) in [6.07, 6.45) is 2.57. The summed E-state index contributed by atoms with van der Waals surface area (Å²) in [4.78, 5) is 2.45. The van der Waals surface area contributed by atoms with Crippen molar-refractivity contribution < 1.29 is 0 Å². The SMILES string of the molecule is CCCC1[C@@H](C)c2ccccc2N1C. The molecule has 1 aliphatic heterocycles. The maximum Gasteiger partial charge on any atom is 0.0402 e. The first-order valence-electron chi connectivity index (χ1n) is 5.57. The van der Waals surface area contributed by atoms with Gasteiger partial charge in [-0.05, 0) is 18.1 Å². The quantitative estimate of drug-likeness (QED) is 0.689. The Morgan fingerprint density at radius 3 is 2.64 bits per heavy atom. The lowest BCUT2D eigenvalue weighted by molar-refractivity contribution is 0.531.